The summed E-state index contributed by atoms with van der Waals surface area (Å²) in [6, 6.07) is 8.32. The summed E-state index contributed by atoms with van der Waals surface area (Å²) in [4.78, 5) is 11.7. The highest BCUT2D eigenvalue weighted by molar-refractivity contribution is 7.19. The summed E-state index contributed by atoms with van der Waals surface area (Å²) in [7, 11) is 0. The van der Waals surface area contributed by atoms with Gasteiger partial charge < -0.3 is 10.1 Å². The maximum absolute atomic E-state index is 6.15. The molecule has 1 atom stereocenters. The predicted octanol–water partition coefficient (Wildman–Crippen LogP) is 6.69. The summed E-state index contributed by atoms with van der Waals surface area (Å²) in [5.74, 6) is 2.66. The molecule has 1 aromatic carbocycles. The average Bonchev–Trinajstić information content (AvgIpc) is 3.08. The van der Waals surface area contributed by atoms with E-state index in [4.69, 9.17) is 4.74 Å². The Morgan fingerprint density at radius 2 is 1.83 bits per heavy atom. The van der Waals surface area contributed by atoms with Crippen molar-refractivity contribution in [3.05, 3.63) is 41.0 Å². The molecule has 0 amide bonds. The van der Waals surface area contributed by atoms with E-state index in [9.17, 15) is 0 Å². The predicted molar refractivity (Wildman–Crippen MR) is 123 cm³/mol. The largest absolute Gasteiger partial charge is 0.490 e. The molecule has 0 spiro atoms. The summed E-state index contributed by atoms with van der Waals surface area (Å²) < 4.78 is 6.15. The van der Waals surface area contributed by atoms with Crippen molar-refractivity contribution in [1.29, 1.82) is 0 Å². The van der Waals surface area contributed by atoms with Crippen molar-refractivity contribution >= 4 is 45.5 Å². The third-order valence-electron chi connectivity index (χ3n) is 6.06. The first-order valence-corrected chi connectivity index (χ1v) is 11.4. The zero-order valence-electron chi connectivity index (χ0n) is 16.8. The number of hydrogen-bond donors (Lipinski definition) is 1. The van der Waals surface area contributed by atoms with Crippen LogP contribution in [0.25, 0.3) is 10.2 Å². The number of aromatic nitrogens is 2. The monoisotopic (exact) mass is 429 g/mol. The second-order valence-corrected chi connectivity index (χ2v) is 9.37. The van der Waals surface area contributed by atoms with Crippen LogP contribution in [0.2, 0.25) is 0 Å². The Labute approximate surface area is 182 Å². The second-order valence-electron chi connectivity index (χ2n) is 8.28. The van der Waals surface area contributed by atoms with Crippen LogP contribution in [0.15, 0.2) is 30.6 Å². The Kier molecular flexibility index (Phi) is 6.26. The number of anilines is 2. The fourth-order valence-corrected chi connectivity index (χ4v) is 5.85. The number of rotatable bonds is 4. The number of ether oxygens (including phenoxy) is 1. The van der Waals surface area contributed by atoms with Gasteiger partial charge in [-0.1, -0.05) is 13.3 Å². The standard InChI is InChI=1S/C23H27N3OS.ClH/c1-15-7-12-19-20(13-15)28-23-21(19)22(24-14-25-23)26-16-8-10-18(11-9-16)27-17-5-3-2-4-6-17;/h8-11,14-15,17H,2-7,12-13H2,1H3,(H,24,25,26);1H. The smallest absolute Gasteiger partial charge is 0.142 e. The van der Waals surface area contributed by atoms with E-state index in [1.165, 1.54) is 60.8 Å². The van der Waals surface area contributed by atoms with Crippen LogP contribution in [0, 0.1) is 5.92 Å². The lowest BCUT2D eigenvalue weighted by Gasteiger charge is -2.23. The minimum Gasteiger partial charge on any atom is -0.490 e. The van der Waals surface area contributed by atoms with Gasteiger partial charge in [0.05, 0.1) is 11.5 Å². The lowest BCUT2D eigenvalue weighted by molar-refractivity contribution is 0.155. The summed E-state index contributed by atoms with van der Waals surface area (Å²) in [5, 5.41) is 4.74. The van der Waals surface area contributed by atoms with Gasteiger partial charge in [0, 0.05) is 10.6 Å². The molecule has 4 nitrogen and oxygen atoms in total. The first kappa shape index (κ1) is 20.4. The molecule has 0 bridgehead atoms. The fourth-order valence-electron chi connectivity index (χ4n) is 4.50. The van der Waals surface area contributed by atoms with Crippen LogP contribution in [0.1, 0.15) is 55.9 Å². The third-order valence-corrected chi connectivity index (χ3v) is 7.23. The van der Waals surface area contributed by atoms with Crippen LogP contribution in [0.5, 0.6) is 5.75 Å². The summed E-state index contributed by atoms with van der Waals surface area (Å²) >= 11 is 1.84. The molecule has 154 valence electrons. The molecule has 2 aliphatic carbocycles. The molecule has 1 saturated carbocycles. The van der Waals surface area contributed by atoms with Crippen LogP contribution < -0.4 is 10.1 Å². The zero-order chi connectivity index (χ0) is 18.9. The Morgan fingerprint density at radius 1 is 1.03 bits per heavy atom. The third kappa shape index (κ3) is 4.36. The molecule has 0 radical (unpaired) electrons. The molecule has 6 heteroatoms. The first-order valence-electron chi connectivity index (χ1n) is 10.6. The van der Waals surface area contributed by atoms with Crippen LogP contribution in [0.4, 0.5) is 11.5 Å². The zero-order valence-corrected chi connectivity index (χ0v) is 18.5. The quantitative estimate of drug-likeness (QED) is 0.501. The van der Waals surface area contributed by atoms with Crippen LogP contribution >= 0.6 is 23.7 Å². The van der Waals surface area contributed by atoms with E-state index in [1.807, 2.05) is 11.3 Å². The van der Waals surface area contributed by atoms with E-state index >= 15 is 0 Å². The number of nitrogens with zero attached hydrogens (tertiary/aromatic N) is 2. The van der Waals surface area contributed by atoms with Crippen molar-refractivity contribution < 1.29 is 4.74 Å². The van der Waals surface area contributed by atoms with Gasteiger partial charge in [-0.3, -0.25) is 0 Å². The topological polar surface area (TPSA) is 47.0 Å². The number of thiophene rings is 1. The van der Waals surface area contributed by atoms with Gasteiger partial charge in [-0.05, 0) is 80.7 Å². The van der Waals surface area contributed by atoms with Crippen molar-refractivity contribution in [2.24, 2.45) is 5.92 Å². The number of aryl methyl sites for hydroxylation is 1. The molecule has 29 heavy (non-hydrogen) atoms. The van der Waals surface area contributed by atoms with E-state index in [2.05, 4.69) is 46.5 Å². The van der Waals surface area contributed by atoms with Crippen LogP contribution in [0.3, 0.4) is 0 Å². The molecule has 1 fully saturated rings. The number of nitrogens with one attached hydrogen (secondary N) is 1. The second kappa shape index (κ2) is 8.88. The molecule has 5 rings (SSSR count). The highest BCUT2D eigenvalue weighted by Crippen LogP contribution is 2.40. The maximum atomic E-state index is 6.15. The summed E-state index contributed by atoms with van der Waals surface area (Å²) in [5.41, 5.74) is 2.50. The van der Waals surface area contributed by atoms with Crippen molar-refractivity contribution in [2.75, 3.05) is 5.32 Å². The van der Waals surface area contributed by atoms with Crippen LogP contribution in [-0.4, -0.2) is 16.1 Å². The number of benzene rings is 1. The molecule has 2 aliphatic rings. The SMILES string of the molecule is CC1CCc2c(sc3ncnc(Nc4ccc(OC5CCCCC5)cc4)c23)C1.Cl. The minimum absolute atomic E-state index is 0. The van der Waals surface area contributed by atoms with Gasteiger partial charge in [-0.2, -0.15) is 0 Å². The molecule has 0 saturated heterocycles. The highest BCUT2D eigenvalue weighted by Gasteiger charge is 2.23. The summed E-state index contributed by atoms with van der Waals surface area (Å²) in [6.07, 6.45) is 11.9. The Morgan fingerprint density at radius 3 is 2.62 bits per heavy atom. The van der Waals surface area contributed by atoms with E-state index in [0.717, 1.165) is 34.4 Å². The first-order chi connectivity index (χ1) is 13.8. The molecular weight excluding hydrogens is 402 g/mol. The van der Waals surface area contributed by atoms with Crippen molar-refractivity contribution in [3.63, 3.8) is 0 Å². The van der Waals surface area contributed by atoms with Crippen molar-refractivity contribution in [3.8, 4) is 5.75 Å². The highest BCUT2D eigenvalue weighted by atomic mass is 35.5. The number of fused-ring (bicyclic) bond motifs is 3. The molecule has 0 aliphatic heterocycles. The molecule has 3 aromatic rings. The van der Waals surface area contributed by atoms with E-state index in [-0.39, 0.29) is 12.4 Å². The van der Waals surface area contributed by atoms with E-state index in [0.29, 0.717) is 6.10 Å². The normalized spacial score (nSPS) is 19.4. The molecule has 1 unspecified atom stereocenters. The lowest BCUT2D eigenvalue weighted by Crippen LogP contribution is -2.19. The Hall–Kier alpha value is -1.85. The van der Waals surface area contributed by atoms with E-state index in [1.54, 1.807) is 6.33 Å². The molecule has 2 heterocycles. The number of hydrogen-bond acceptors (Lipinski definition) is 5. The van der Waals surface area contributed by atoms with Gasteiger partial charge in [-0.15, -0.1) is 23.7 Å². The molecule has 2 aromatic heterocycles. The van der Waals surface area contributed by atoms with E-state index < -0.39 is 0 Å². The number of halogens is 1. The Bertz CT molecular complexity index is 966. The summed E-state index contributed by atoms with van der Waals surface area (Å²) in [6.45, 7) is 2.34. The average molecular weight is 430 g/mol. The molecule has 1 N–H and O–H groups in total. The van der Waals surface area contributed by atoms with Crippen molar-refractivity contribution in [1.82, 2.24) is 9.97 Å². The van der Waals surface area contributed by atoms with Gasteiger partial charge in [0.1, 0.15) is 22.7 Å². The van der Waals surface area contributed by atoms with Gasteiger partial charge in [-0.25, -0.2) is 9.97 Å². The van der Waals surface area contributed by atoms with Crippen molar-refractivity contribution in [2.45, 2.75) is 64.4 Å². The fraction of sp³-hybridized carbons (Fsp3) is 0.478. The van der Waals surface area contributed by atoms with Crippen LogP contribution in [-0.2, 0) is 12.8 Å². The minimum atomic E-state index is 0. The van der Waals surface area contributed by atoms with Gasteiger partial charge in [0.25, 0.3) is 0 Å². The van der Waals surface area contributed by atoms with Gasteiger partial charge in [0.2, 0.25) is 0 Å². The Balaban J connectivity index is 0.00000205. The van der Waals surface area contributed by atoms with Gasteiger partial charge >= 0.3 is 0 Å². The lowest BCUT2D eigenvalue weighted by atomic mass is 9.89. The molecular formula is C23H28ClN3OS. The maximum Gasteiger partial charge on any atom is 0.142 e. The van der Waals surface area contributed by atoms with Gasteiger partial charge in [0.15, 0.2) is 0 Å².